The van der Waals surface area contributed by atoms with Gasteiger partial charge in [0.1, 0.15) is 0 Å². The van der Waals surface area contributed by atoms with E-state index in [0.717, 1.165) is 0 Å². The van der Waals surface area contributed by atoms with Crippen molar-refractivity contribution in [2.24, 2.45) is 0 Å². The topological polar surface area (TPSA) is 140 Å². The van der Waals surface area contributed by atoms with Gasteiger partial charge in [0.2, 0.25) is 0 Å². The molecule has 0 saturated carbocycles. The fourth-order valence-electron chi connectivity index (χ4n) is 0.447. The minimum absolute atomic E-state index is 1.90. The molecule has 0 saturated heterocycles. The summed E-state index contributed by atoms with van der Waals surface area (Å²) in [6, 6.07) is 0. The molecule has 0 fully saturated rings. The molecule has 0 aliphatic carbocycles. The standard InChI is InChI=1S/C12H2O14/c1-2-3-4-5-6-7-8-9-10-11-12-14-16-18-20-22-24-26-25-23-21-19-17-15-13/h1,13H. The smallest absolute Gasteiger partial charge is 0.174 e. The lowest BCUT2D eigenvalue weighted by Crippen LogP contribution is -2.03. The largest absolute Gasteiger partial charge is 0.249 e. The fraction of sp³-hybridized carbons (Fsp3) is 0. The average Bonchev–Trinajstić information content (AvgIpc) is 2.66. The molecule has 0 radical (unpaired) electrons. The van der Waals surface area contributed by atoms with E-state index < -0.39 is 0 Å². The van der Waals surface area contributed by atoms with E-state index in [4.69, 9.17) is 11.7 Å². The summed E-state index contributed by atoms with van der Waals surface area (Å²) >= 11 is 0. The molecule has 0 unspecified atom stereocenters. The zero-order valence-corrected chi connectivity index (χ0v) is 11.8. The molecule has 14 nitrogen and oxygen atoms in total. The lowest BCUT2D eigenvalue weighted by atomic mass is 10.5. The summed E-state index contributed by atoms with van der Waals surface area (Å²) in [5.74, 6) is 22.8. The summed E-state index contributed by atoms with van der Waals surface area (Å²) in [4.78, 5) is 4.05. The number of hydrogen-bond acceptors (Lipinski definition) is 14. The molecule has 0 spiro atoms. The Morgan fingerprint density at radius 2 is 0.846 bits per heavy atom. The summed E-state index contributed by atoms with van der Waals surface area (Å²) in [6.45, 7) is 0. The van der Waals surface area contributed by atoms with Gasteiger partial charge in [-0.3, -0.25) is 0 Å². The second kappa shape index (κ2) is 21.6. The van der Waals surface area contributed by atoms with Crippen molar-refractivity contribution in [2.75, 3.05) is 0 Å². The monoisotopic (exact) mass is 370 g/mol. The van der Waals surface area contributed by atoms with Crippen LogP contribution in [0, 0.1) is 71.7 Å². The number of rotatable bonds is 12. The Bertz CT molecular complexity index is 713. The highest BCUT2D eigenvalue weighted by Crippen LogP contribution is 1.91. The van der Waals surface area contributed by atoms with Crippen LogP contribution in [-0.2, 0) is 65.3 Å². The molecule has 0 bridgehead atoms. The van der Waals surface area contributed by atoms with Crippen molar-refractivity contribution in [2.45, 2.75) is 0 Å². The third-order valence-electron chi connectivity index (χ3n) is 1.01. The van der Waals surface area contributed by atoms with Crippen LogP contribution in [0.1, 0.15) is 0 Å². The quantitative estimate of drug-likeness (QED) is 0.199. The zero-order valence-electron chi connectivity index (χ0n) is 11.8. The van der Waals surface area contributed by atoms with E-state index in [0.29, 0.717) is 0 Å². The second-order valence-electron chi connectivity index (χ2n) is 2.28. The van der Waals surface area contributed by atoms with Crippen molar-refractivity contribution >= 4 is 0 Å². The Morgan fingerprint density at radius 1 is 0.462 bits per heavy atom. The molecule has 26 heavy (non-hydrogen) atoms. The van der Waals surface area contributed by atoms with Crippen molar-refractivity contribution < 1.29 is 70.6 Å². The third kappa shape index (κ3) is 20.6. The molecule has 0 atom stereocenters. The molecule has 0 heterocycles. The summed E-state index contributed by atoms with van der Waals surface area (Å²) < 4.78 is 0. The molecule has 0 aromatic rings. The predicted molar refractivity (Wildman–Crippen MR) is 64.4 cm³/mol. The Morgan fingerprint density at radius 3 is 1.31 bits per heavy atom. The Balaban J connectivity index is 3.46. The molecular weight excluding hydrogens is 368 g/mol. The van der Waals surface area contributed by atoms with Crippen LogP contribution in [0.15, 0.2) is 0 Å². The molecule has 0 aliphatic heterocycles. The van der Waals surface area contributed by atoms with Gasteiger partial charge in [0.05, 0.1) is 0 Å². The first-order valence-electron chi connectivity index (χ1n) is 5.18. The SMILES string of the molecule is C#CC#CC#CC#CC#CC#COOOOOOOOOOOOOO. The van der Waals surface area contributed by atoms with Crippen LogP contribution in [0.3, 0.4) is 0 Å². The summed E-state index contributed by atoms with van der Waals surface area (Å²) in [6.07, 6.45) is 6.76. The van der Waals surface area contributed by atoms with Crippen molar-refractivity contribution in [1.29, 1.82) is 0 Å². The third-order valence-corrected chi connectivity index (χ3v) is 1.01. The van der Waals surface area contributed by atoms with E-state index in [1.54, 1.807) is 0 Å². The van der Waals surface area contributed by atoms with Gasteiger partial charge in [-0.2, -0.15) is 0 Å². The first kappa shape index (κ1) is 22.6. The summed E-state index contributed by atoms with van der Waals surface area (Å²) in [5, 5.41) is 49.4. The van der Waals surface area contributed by atoms with E-state index in [-0.39, 0.29) is 0 Å². The highest BCUT2D eigenvalue weighted by molar-refractivity contribution is 5.43. The fourth-order valence-corrected chi connectivity index (χ4v) is 0.447. The van der Waals surface area contributed by atoms with Gasteiger partial charge in [-0.1, -0.05) is 0 Å². The lowest BCUT2D eigenvalue weighted by molar-refractivity contribution is -0.874. The van der Waals surface area contributed by atoms with E-state index in [9.17, 15) is 0 Å². The van der Waals surface area contributed by atoms with E-state index >= 15 is 0 Å². The highest BCUT2D eigenvalue weighted by atomic mass is 18.0. The maximum atomic E-state index is 7.55. The highest BCUT2D eigenvalue weighted by Gasteiger charge is 1.97. The van der Waals surface area contributed by atoms with Crippen LogP contribution in [0.5, 0.6) is 0 Å². The van der Waals surface area contributed by atoms with Gasteiger partial charge in [0.25, 0.3) is 0 Å². The maximum Gasteiger partial charge on any atom is 0.174 e. The van der Waals surface area contributed by atoms with E-state index in [1.165, 1.54) is 0 Å². The van der Waals surface area contributed by atoms with Gasteiger partial charge in [-0.05, 0) is 59.8 Å². The minimum atomic E-state index is 1.90. The molecule has 0 rings (SSSR count). The van der Waals surface area contributed by atoms with Crippen LogP contribution < -0.4 is 0 Å². The van der Waals surface area contributed by atoms with Crippen LogP contribution >= 0.6 is 0 Å². The van der Waals surface area contributed by atoms with E-state index in [2.05, 4.69) is 125 Å². The summed E-state index contributed by atoms with van der Waals surface area (Å²) in [5.41, 5.74) is 0. The zero-order chi connectivity index (χ0) is 19.0. The van der Waals surface area contributed by atoms with Gasteiger partial charge in [0, 0.05) is 59.8 Å². The molecule has 0 aromatic heterocycles. The molecule has 0 aromatic carbocycles. The second-order valence-corrected chi connectivity index (χ2v) is 2.28. The van der Waals surface area contributed by atoms with Crippen LogP contribution in [-0.4, -0.2) is 5.26 Å². The van der Waals surface area contributed by atoms with Gasteiger partial charge >= 0.3 is 0 Å². The van der Waals surface area contributed by atoms with Gasteiger partial charge < -0.3 is 0 Å². The molecule has 1 N–H and O–H groups in total. The molecular formula is C12H2O14. The van der Waals surface area contributed by atoms with Crippen molar-refractivity contribution in [3.8, 4) is 71.7 Å². The van der Waals surface area contributed by atoms with Crippen molar-refractivity contribution in [1.82, 2.24) is 0 Å². The summed E-state index contributed by atoms with van der Waals surface area (Å²) in [7, 11) is 0. The number of hydrogen-bond donors (Lipinski definition) is 1. The molecule has 0 amide bonds. The van der Waals surface area contributed by atoms with Crippen LogP contribution in [0.4, 0.5) is 0 Å². The minimum Gasteiger partial charge on any atom is -0.249 e. The maximum absolute atomic E-state index is 7.55. The molecule has 14 heteroatoms. The normalized spacial score (nSPS) is 7.69. The first-order chi connectivity index (χ1) is 12.9. The Labute approximate surface area is 143 Å². The van der Waals surface area contributed by atoms with Crippen LogP contribution in [0.2, 0.25) is 0 Å². The molecule has 134 valence electrons. The van der Waals surface area contributed by atoms with Crippen molar-refractivity contribution in [3.05, 3.63) is 0 Å². The Kier molecular flexibility index (Phi) is 18.8. The molecule has 0 aliphatic rings. The van der Waals surface area contributed by atoms with Gasteiger partial charge in [0.15, 0.2) is 6.11 Å². The van der Waals surface area contributed by atoms with Crippen LogP contribution in [0.25, 0.3) is 0 Å². The Hall–Kier alpha value is -3.36. The average molecular weight is 370 g/mol. The lowest BCUT2D eigenvalue weighted by Gasteiger charge is -1.97. The van der Waals surface area contributed by atoms with Crippen molar-refractivity contribution in [3.63, 3.8) is 0 Å². The first-order valence-corrected chi connectivity index (χ1v) is 5.18. The van der Waals surface area contributed by atoms with Gasteiger partial charge in [-0.25, -0.2) is 10.1 Å². The predicted octanol–water partition coefficient (Wildman–Crippen LogP) is -0.737. The van der Waals surface area contributed by atoms with Gasteiger partial charge in [-0.15, -0.1) is 6.42 Å². The van der Waals surface area contributed by atoms with E-state index in [1.807, 2.05) is 6.11 Å². The number of terminal acetylenes is 1.